The molecular formula is C16H19NO4. The van der Waals surface area contributed by atoms with Gasteiger partial charge < -0.3 is 15.1 Å². The van der Waals surface area contributed by atoms with E-state index < -0.39 is 5.97 Å². The lowest BCUT2D eigenvalue weighted by atomic mass is 10.1. The molecule has 5 heteroatoms. The quantitative estimate of drug-likeness (QED) is 0.612. The topological polar surface area (TPSA) is 77.8 Å². The van der Waals surface area contributed by atoms with Crippen molar-refractivity contribution in [2.24, 2.45) is 0 Å². The largest absolute Gasteiger partial charge is 0.481 e. The van der Waals surface area contributed by atoms with Gasteiger partial charge in [0.1, 0.15) is 0 Å². The number of hydrogen-bond donors (Lipinski definition) is 2. The molecule has 0 bridgehead atoms. The molecule has 0 saturated carbocycles. The van der Waals surface area contributed by atoms with Crippen LogP contribution in [0.25, 0.3) is 0 Å². The number of aliphatic carboxylic acids is 1. The van der Waals surface area contributed by atoms with Gasteiger partial charge in [-0.25, -0.2) is 0 Å². The summed E-state index contributed by atoms with van der Waals surface area (Å²) in [6.07, 6.45) is 1.13. The molecule has 1 aromatic rings. The molecule has 0 spiro atoms. The van der Waals surface area contributed by atoms with E-state index in [1.807, 2.05) is 0 Å². The Kier molecular flexibility index (Phi) is 6.99. The molecule has 0 aromatic heterocycles. The number of rotatable bonds is 6. The number of carbonyl (C=O) groups excluding carboxylic acids is 1. The summed E-state index contributed by atoms with van der Waals surface area (Å²) in [5.41, 5.74) is 1.23. The number of carboxylic acids is 1. The maximum Gasteiger partial charge on any atom is 0.303 e. The molecule has 0 aliphatic rings. The summed E-state index contributed by atoms with van der Waals surface area (Å²) < 4.78 is 0. The second-order valence-electron chi connectivity index (χ2n) is 4.58. The molecule has 1 aromatic carbocycles. The SMILES string of the molecule is CN(CCO)C(=O)c1cccc(C#CCCCC(=O)O)c1. The Bertz CT molecular complexity index is 557. The fourth-order valence-corrected chi connectivity index (χ4v) is 1.69. The van der Waals surface area contributed by atoms with Gasteiger partial charge in [-0.05, 0) is 24.6 Å². The van der Waals surface area contributed by atoms with Crippen LogP contribution in [0.4, 0.5) is 0 Å². The Hall–Kier alpha value is -2.32. The van der Waals surface area contributed by atoms with Crippen LogP contribution in [0.2, 0.25) is 0 Å². The average Bonchev–Trinajstić information content (AvgIpc) is 2.46. The van der Waals surface area contributed by atoms with Gasteiger partial charge in [-0.2, -0.15) is 0 Å². The molecule has 5 nitrogen and oxygen atoms in total. The Labute approximate surface area is 124 Å². The van der Waals surface area contributed by atoms with Gasteiger partial charge in [0.15, 0.2) is 0 Å². The molecule has 0 saturated heterocycles. The first kappa shape index (κ1) is 16.7. The highest BCUT2D eigenvalue weighted by Gasteiger charge is 2.10. The predicted octanol–water partition coefficient (Wildman–Crippen LogP) is 1.36. The third-order valence-electron chi connectivity index (χ3n) is 2.82. The first-order chi connectivity index (χ1) is 10.0. The van der Waals surface area contributed by atoms with E-state index in [4.69, 9.17) is 10.2 Å². The maximum atomic E-state index is 12.0. The van der Waals surface area contributed by atoms with Gasteiger partial charge in [-0.3, -0.25) is 9.59 Å². The highest BCUT2D eigenvalue weighted by Crippen LogP contribution is 2.07. The van der Waals surface area contributed by atoms with Gasteiger partial charge in [0, 0.05) is 37.6 Å². The van der Waals surface area contributed by atoms with Gasteiger partial charge in [-0.15, -0.1) is 0 Å². The lowest BCUT2D eigenvalue weighted by Crippen LogP contribution is -2.29. The van der Waals surface area contributed by atoms with Crippen LogP contribution in [0.1, 0.15) is 35.2 Å². The number of benzene rings is 1. The zero-order valence-corrected chi connectivity index (χ0v) is 12.0. The summed E-state index contributed by atoms with van der Waals surface area (Å²) in [5.74, 6) is 4.83. The zero-order chi connectivity index (χ0) is 15.7. The Balaban J connectivity index is 2.66. The maximum absolute atomic E-state index is 12.0. The van der Waals surface area contributed by atoms with E-state index in [9.17, 15) is 9.59 Å². The normalized spacial score (nSPS) is 9.62. The highest BCUT2D eigenvalue weighted by atomic mass is 16.4. The van der Waals surface area contributed by atoms with Gasteiger partial charge in [0.2, 0.25) is 0 Å². The number of aliphatic hydroxyl groups excluding tert-OH is 1. The summed E-state index contributed by atoms with van der Waals surface area (Å²) in [6, 6.07) is 6.94. The second kappa shape index (κ2) is 8.77. The smallest absolute Gasteiger partial charge is 0.303 e. The highest BCUT2D eigenvalue weighted by molar-refractivity contribution is 5.94. The van der Waals surface area contributed by atoms with E-state index in [1.54, 1.807) is 31.3 Å². The van der Waals surface area contributed by atoms with Crippen LogP contribution in [-0.2, 0) is 4.79 Å². The molecule has 0 unspecified atom stereocenters. The molecule has 112 valence electrons. The molecule has 0 fully saturated rings. The average molecular weight is 289 g/mol. The molecule has 21 heavy (non-hydrogen) atoms. The Morgan fingerprint density at radius 1 is 1.33 bits per heavy atom. The number of nitrogens with zero attached hydrogens (tertiary/aromatic N) is 1. The zero-order valence-electron chi connectivity index (χ0n) is 12.0. The number of carboxylic acid groups (broad SMARTS) is 1. The van der Waals surface area contributed by atoms with Crippen molar-refractivity contribution in [2.75, 3.05) is 20.2 Å². The third kappa shape index (κ3) is 6.11. The lowest BCUT2D eigenvalue weighted by Gasteiger charge is -2.15. The summed E-state index contributed by atoms with van der Waals surface area (Å²) in [7, 11) is 1.63. The molecule has 1 rings (SSSR count). The fraction of sp³-hybridized carbons (Fsp3) is 0.375. The van der Waals surface area contributed by atoms with Gasteiger partial charge in [0.05, 0.1) is 6.61 Å². The van der Waals surface area contributed by atoms with Crippen LogP contribution in [0.15, 0.2) is 24.3 Å². The van der Waals surface area contributed by atoms with E-state index in [0.717, 1.165) is 0 Å². The van der Waals surface area contributed by atoms with Crippen molar-refractivity contribution in [1.82, 2.24) is 4.90 Å². The van der Waals surface area contributed by atoms with Crippen molar-refractivity contribution in [3.63, 3.8) is 0 Å². The molecule has 2 N–H and O–H groups in total. The standard InChI is InChI=1S/C16H19NO4/c1-17(10-11-18)16(21)14-8-5-7-13(12-14)6-3-2-4-9-15(19)20/h5,7-8,12,18H,2,4,9-11H2,1H3,(H,19,20). The third-order valence-corrected chi connectivity index (χ3v) is 2.82. The van der Waals surface area contributed by atoms with Crippen LogP contribution < -0.4 is 0 Å². The van der Waals surface area contributed by atoms with Gasteiger partial charge in [-0.1, -0.05) is 17.9 Å². The molecule has 0 heterocycles. The van der Waals surface area contributed by atoms with Crippen LogP contribution in [-0.4, -0.2) is 47.2 Å². The number of carbonyl (C=O) groups is 2. The Morgan fingerprint density at radius 2 is 2.10 bits per heavy atom. The van der Waals surface area contributed by atoms with E-state index in [1.165, 1.54) is 4.90 Å². The number of unbranched alkanes of at least 4 members (excludes halogenated alkanes) is 1. The van der Waals surface area contributed by atoms with Crippen LogP contribution in [0, 0.1) is 11.8 Å². The van der Waals surface area contributed by atoms with Crippen molar-refractivity contribution in [3.8, 4) is 11.8 Å². The minimum absolute atomic E-state index is 0.0781. The molecule has 1 amide bonds. The second-order valence-corrected chi connectivity index (χ2v) is 4.58. The molecule has 0 aliphatic carbocycles. The van der Waals surface area contributed by atoms with Crippen molar-refractivity contribution in [1.29, 1.82) is 0 Å². The monoisotopic (exact) mass is 289 g/mol. The van der Waals surface area contributed by atoms with Gasteiger partial charge in [0.25, 0.3) is 5.91 Å². The number of aliphatic hydroxyl groups is 1. The minimum atomic E-state index is -0.823. The number of hydrogen-bond acceptors (Lipinski definition) is 3. The van der Waals surface area contributed by atoms with E-state index in [-0.39, 0.29) is 25.5 Å². The molecule has 0 atom stereocenters. The van der Waals surface area contributed by atoms with Crippen molar-refractivity contribution < 1.29 is 19.8 Å². The van der Waals surface area contributed by atoms with E-state index >= 15 is 0 Å². The van der Waals surface area contributed by atoms with Crippen LogP contribution in [0.3, 0.4) is 0 Å². The van der Waals surface area contributed by atoms with Crippen molar-refractivity contribution >= 4 is 11.9 Å². The number of amides is 1. The van der Waals surface area contributed by atoms with Crippen molar-refractivity contribution in [2.45, 2.75) is 19.3 Å². The first-order valence-electron chi connectivity index (χ1n) is 6.71. The molecular weight excluding hydrogens is 270 g/mol. The van der Waals surface area contributed by atoms with E-state index in [0.29, 0.717) is 24.0 Å². The summed E-state index contributed by atoms with van der Waals surface area (Å²) in [6.45, 7) is 0.204. The minimum Gasteiger partial charge on any atom is -0.481 e. The van der Waals surface area contributed by atoms with Crippen molar-refractivity contribution in [3.05, 3.63) is 35.4 Å². The summed E-state index contributed by atoms with van der Waals surface area (Å²) in [5, 5.41) is 17.3. The summed E-state index contributed by atoms with van der Waals surface area (Å²) in [4.78, 5) is 23.8. The van der Waals surface area contributed by atoms with E-state index in [2.05, 4.69) is 11.8 Å². The summed E-state index contributed by atoms with van der Waals surface area (Å²) >= 11 is 0. The Morgan fingerprint density at radius 3 is 2.76 bits per heavy atom. The number of likely N-dealkylation sites (N-methyl/N-ethyl adjacent to an activating group) is 1. The first-order valence-corrected chi connectivity index (χ1v) is 6.71. The van der Waals surface area contributed by atoms with Crippen LogP contribution >= 0.6 is 0 Å². The fourth-order valence-electron chi connectivity index (χ4n) is 1.69. The van der Waals surface area contributed by atoms with Gasteiger partial charge >= 0.3 is 5.97 Å². The molecule has 0 aliphatic heterocycles. The lowest BCUT2D eigenvalue weighted by molar-refractivity contribution is -0.137. The molecule has 0 radical (unpaired) electrons. The van der Waals surface area contributed by atoms with Crippen LogP contribution in [0.5, 0.6) is 0 Å². The predicted molar refractivity (Wildman–Crippen MR) is 78.9 cm³/mol.